The Hall–Kier alpha value is -2.14. The average molecular weight is 320 g/mol. The highest BCUT2D eigenvalue weighted by Crippen LogP contribution is 2.23. The number of hydrogen-bond donors (Lipinski definition) is 1. The fraction of sp³-hybridized carbons (Fsp3) is 0.312. The van der Waals surface area contributed by atoms with Crippen LogP contribution in [0.5, 0.6) is 0 Å². The SMILES string of the molecule is CCCCn1nc(C(=O)Nc2ccc(C)cc2Cl)ccc1=O. The van der Waals surface area contributed by atoms with Gasteiger partial charge in [0.15, 0.2) is 0 Å². The maximum absolute atomic E-state index is 12.2. The van der Waals surface area contributed by atoms with Crippen molar-refractivity contribution in [3.63, 3.8) is 0 Å². The predicted octanol–water partition coefficient (Wildman–Crippen LogP) is 3.26. The zero-order valence-corrected chi connectivity index (χ0v) is 13.4. The normalized spacial score (nSPS) is 10.5. The summed E-state index contributed by atoms with van der Waals surface area (Å²) < 4.78 is 1.31. The minimum atomic E-state index is -0.393. The molecular weight excluding hydrogens is 302 g/mol. The van der Waals surface area contributed by atoms with E-state index in [1.54, 1.807) is 12.1 Å². The van der Waals surface area contributed by atoms with Crippen LogP contribution in [-0.2, 0) is 6.54 Å². The molecule has 0 radical (unpaired) electrons. The van der Waals surface area contributed by atoms with Gasteiger partial charge in [-0.3, -0.25) is 9.59 Å². The number of rotatable bonds is 5. The van der Waals surface area contributed by atoms with E-state index in [-0.39, 0.29) is 11.3 Å². The lowest BCUT2D eigenvalue weighted by Crippen LogP contribution is -2.26. The highest BCUT2D eigenvalue weighted by atomic mass is 35.5. The Morgan fingerprint density at radius 1 is 1.32 bits per heavy atom. The maximum Gasteiger partial charge on any atom is 0.276 e. The Morgan fingerprint density at radius 3 is 2.77 bits per heavy atom. The molecule has 1 amide bonds. The van der Waals surface area contributed by atoms with Crippen molar-refractivity contribution < 1.29 is 4.79 Å². The summed E-state index contributed by atoms with van der Waals surface area (Å²) in [6.07, 6.45) is 1.78. The van der Waals surface area contributed by atoms with E-state index in [2.05, 4.69) is 10.4 Å². The van der Waals surface area contributed by atoms with Gasteiger partial charge in [0.2, 0.25) is 0 Å². The van der Waals surface area contributed by atoms with Gasteiger partial charge in [-0.05, 0) is 37.1 Å². The number of nitrogens with zero attached hydrogens (tertiary/aromatic N) is 2. The molecule has 0 bridgehead atoms. The standard InChI is InChI=1S/C16H18ClN3O2/c1-3-4-9-20-15(21)8-7-14(19-20)16(22)18-13-6-5-11(2)10-12(13)17/h5-8,10H,3-4,9H2,1-2H3,(H,18,22). The van der Waals surface area contributed by atoms with Crippen LogP contribution in [0, 0.1) is 6.92 Å². The number of unbranched alkanes of at least 4 members (excludes halogenated alkanes) is 1. The number of nitrogens with one attached hydrogen (secondary N) is 1. The van der Waals surface area contributed by atoms with Crippen LogP contribution in [0.3, 0.4) is 0 Å². The van der Waals surface area contributed by atoms with Crippen molar-refractivity contribution in [3.05, 3.63) is 57.0 Å². The van der Waals surface area contributed by atoms with Crippen molar-refractivity contribution in [1.29, 1.82) is 0 Å². The van der Waals surface area contributed by atoms with Gasteiger partial charge in [0.25, 0.3) is 11.5 Å². The van der Waals surface area contributed by atoms with Crippen LogP contribution in [0.25, 0.3) is 0 Å². The summed E-state index contributed by atoms with van der Waals surface area (Å²) >= 11 is 6.10. The van der Waals surface area contributed by atoms with Crippen molar-refractivity contribution in [2.45, 2.75) is 33.2 Å². The third-order valence-electron chi connectivity index (χ3n) is 3.20. The number of aromatic nitrogens is 2. The number of aryl methyl sites for hydroxylation is 2. The molecule has 116 valence electrons. The number of halogens is 1. The van der Waals surface area contributed by atoms with E-state index in [4.69, 9.17) is 11.6 Å². The molecule has 0 unspecified atom stereocenters. The quantitative estimate of drug-likeness (QED) is 0.920. The molecule has 6 heteroatoms. The third kappa shape index (κ3) is 3.95. The van der Waals surface area contributed by atoms with Crippen molar-refractivity contribution in [1.82, 2.24) is 9.78 Å². The van der Waals surface area contributed by atoms with Crippen molar-refractivity contribution in [2.24, 2.45) is 0 Å². The van der Waals surface area contributed by atoms with E-state index in [9.17, 15) is 9.59 Å². The Labute approximate surface area is 133 Å². The number of anilines is 1. The molecule has 1 N–H and O–H groups in total. The molecule has 0 saturated heterocycles. The second-order valence-electron chi connectivity index (χ2n) is 5.07. The van der Waals surface area contributed by atoms with Gasteiger partial charge in [-0.15, -0.1) is 0 Å². The lowest BCUT2D eigenvalue weighted by molar-refractivity contribution is 0.101. The van der Waals surface area contributed by atoms with Gasteiger partial charge in [-0.2, -0.15) is 5.10 Å². The molecule has 1 heterocycles. The first-order valence-electron chi connectivity index (χ1n) is 7.17. The molecular formula is C16H18ClN3O2. The summed E-state index contributed by atoms with van der Waals surface area (Å²) in [4.78, 5) is 23.9. The molecule has 2 aromatic rings. The van der Waals surface area contributed by atoms with Crippen LogP contribution in [0.4, 0.5) is 5.69 Å². The van der Waals surface area contributed by atoms with E-state index < -0.39 is 5.91 Å². The Bertz CT molecular complexity index is 740. The lowest BCUT2D eigenvalue weighted by Gasteiger charge is -2.09. The number of amides is 1. The molecule has 0 fully saturated rings. The first-order chi connectivity index (χ1) is 10.5. The highest BCUT2D eigenvalue weighted by Gasteiger charge is 2.11. The molecule has 2 rings (SSSR count). The van der Waals surface area contributed by atoms with Crippen LogP contribution >= 0.6 is 11.6 Å². The topological polar surface area (TPSA) is 64.0 Å². The van der Waals surface area contributed by atoms with Crippen LogP contribution < -0.4 is 10.9 Å². The smallest absolute Gasteiger partial charge is 0.276 e. The minimum absolute atomic E-state index is 0.187. The van der Waals surface area contributed by atoms with Crippen molar-refractivity contribution in [2.75, 3.05) is 5.32 Å². The molecule has 22 heavy (non-hydrogen) atoms. The van der Waals surface area contributed by atoms with Gasteiger partial charge in [0.1, 0.15) is 5.69 Å². The van der Waals surface area contributed by atoms with E-state index in [0.717, 1.165) is 18.4 Å². The molecule has 0 aliphatic heterocycles. The summed E-state index contributed by atoms with van der Waals surface area (Å²) in [7, 11) is 0. The molecule has 0 aliphatic rings. The van der Waals surface area contributed by atoms with Gasteiger partial charge in [0, 0.05) is 12.6 Å². The van der Waals surface area contributed by atoms with E-state index in [1.807, 2.05) is 19.9 Å². The zero-order chi connectivity index (χ0) is 16.1. The fourth-order valence-corrected chi connectivity index (χ4v) is 2.23. The average Bonchev–Trinajstić information content (AvgIpc) is 2.49. The number of carbonyl (C=O) groups excluding carboxylic acids is 1. The van der Waals surface area contributed by atoms with Crippen molar-refractivity contribution in [3.8, 4) is 0 Å². The van der Waals surface area contributed by atoms with Gasteiger partial charge in [-0.1, -0.05) is 31.0 Å². The summed E-state index contributed by atoms with van der Waals surface area (Å²) in [6, 6.07) is 8.14. The van der Waals surface area contributed by atoms with Crippen LogP contribution in [-0.4, -0.2) is 15.7 Å². The number of hydrogen-bond acceptors (Lipinski definition) is 3. The van der Waals surface area contributed by atoms with Gasteiger partial charge in [-0.25, -0.2) is 4.68 Å². The molecule has 1 aromatic heterocycles. The van der Waals surface area contributed by atoms with Crippen LogP contribution in [0.1, 0.15) is 35.8 Å². The molecule has 5 nitrogen and oxygen atoms in total. The molecule has 0 atom stereocenters. The summed E-state index contributed by atoms with van der Waals surface area (Å²) in [5.41, 5.74) is 1.50. The van der Waals surface area contributed by atoms with E-state index >= 15 is 0 Å². The molecule has 0 spiro atoms. The summed E-state index contributed by atoms with van der Waals surface area (Å²) in [5, 5.41) is 7.28. The number of carbonyl (C=O) groups is 1. The minimum Gasteiger partial charge on any atom is -0.319 e. The lowest BCUT2D eigenvalue weighted by atomic mass is 10.2. The highest BCUT2D eigenvalue weighted by molar-refractivity contribution is 6.34. The first kappa shape index (κ1) is 16.2. The van der Waals surface area contributed by atoms with Gasteiger partial charge in [0.05, 0.1) is 10.7 Å². The van der Waals surface area contributed by atoms with E-state index in [1.165, 1.54) is 16.8 Å². The fourth-order valence-electron chi connectivity index (χ4n) is 1.95. The van der Waals surface area contributed by atoms with Crippen LogP contribution in [0.2, 0.25) is 5.02 Å². The summed E-state index contributed by atoms with van der Waals surface area (Å²) in [5.74, 6) is -0.393. The molecule has 0 aliphatic carbocycles. The zero-order valence-electron chi connectivity index (χ0n) is 12.6. The molecule has 1 aromatic carbocycles. The Balaban J connectivity index is 2.20. The first-order valence-corrected chi connectivity index (χ1v) is 7.54. The van der Waals surface area contributed by atoms with Crippen LogP contribution in [0.15, 0.2) is 35.1 Å². The van der Waals surface area contributed by atoms with Gasteiger partial charge < -0.3 is 5.32 Å². The largest absolute Gasteiger partial charge is 0.319 e. The monoisotopic (exact) mass is 319 g/mol. The van der Waals surface area contributed by atoms with Crippen molar-refractivity contribution >= 4 is 23.2 Å². The maximum atomic E-state index is 12.2. The molecule has 0 saturated carbocycles. The Morgan fingerprint density at radius 2 is 2.09 bits per heavy atom. The third-order valence-corrected chi connectivity index (χ3v) is 3.51. The second-order valence-corrected chi connectivity index (χ2v) is 5.48. The summed E-state index contributed by atoms with van der Waals surface area (Å²) in [6.45, 7) is 4.45. The predicted molar refractivity (Wildman–Crippen MR) is 87.5 cm³/mol. The number of benzene rings is 1. The van der Waals surface area contributed by atoms with E-state index in [0.29, 0.717) is 17.3 Å². The second kappa shape index (κ2) is 7.22. The van der Waals surface area contributed by atoms with Gasteiger partial charge >= 0.3 is 0 Å². The Kier molecular flexibility index (Phi) is 5.33.